The van der Waals surface area contributed by atoms with Gasteiger partial charge < -0.3 is 30.5 Å². The molecular weight excluding hydrogens is 414 g/mol. The van der Waals surface area contributed by atoms with E-state index in [0.29, 0.717) is 0 Å². The normalized spacial score (nSPS) is 25.7. The minimum atomic E-state index is -1.32. The van der Waals surface area contributed by atoms with E-state index in [1.54, 1.807) is 21.6 Å². The van der Waals surface area contributed by atoms with Gasteiger partial charge in [-0.15, -0.1) is 0 Å². The molecule has 1 unspecified atom stereocenters. The summed E-state index contributed by atoms with van der Waals surface area (Å²) in [4.78, 5) is 13.6. The number of carbonyl (C=O) groups excluding carboxylic acids is 1. The monoisotopic (exact) mass is 439 g/mol. The average Bonchev–Trinajstić information content (AvgIpc) is 2.73. The first-order chi connectivity index (χ1) is 14.0. The Bertz CT molecular complexity index is 846. The van der Waals surface area contributed by atoms with Crippen molar-refractivity contribution in [3.05, 3.63) is 42.0 Å². The van der Waals surface area contributed by atoms with Gasteiger partial charge in [0.1, 0.15) is 18.8 Å². The lowest BCUT2D eigenvalue weighted by Gasteiger charge is -2.38. The van der Waals surface area contributed by atoms with Crippen LogP contribution in [0.2, 0.25) is 0 Å². The van der Waals surface area contributed by atoms with E-state index in [9.17, 15) is 20.1 Å². The van der Waals surface area contributed by atoms with Crippen LogP contribution in [0.5, 0.6) is 0 Å². The maximum absolute atomic E-state index is 12.6. The third-order valence-electron chi connectivity index (χ3n) is 4.89. The molecule has 1 fully saturated rings. The maximum Gasteiger partial charge on any atom is 0.335 e. The topological polar surface area (TPSA) is 122 Å². The molecule has 0 bridgehead atoms. The van der Waals surface area contributed by atoms with Crippen LogP contribution in [0.4, 0.5) is 0 Å². The summed E-state index contributed by atoms with van der Waals surface area (Å²) in [6.45, 7) is -0.118. The van der Waals surface area contributed by atoms with Gasteiger partial charge in [-0.25, -0.2) is 4.79 Å². The summed E-state index contributed by atoms with van der Waals surface area (Å²) in [6.07, 6.45) is -4.08. The molecule has 7 nitrogen and oxygen atoms in total. The Morgan fingerprint density at radius 2 is 2.03 bits per heavy atom. The van der Waals surface area contributed by atoms with Gasteiger partial charge in [-0.05, 0) is 23.3 Å². The molecule has 0 radical (unpaired) electrons. The van der Waals surface area contributed by atoms with Crippen LogP contribution in [0.1, 0.15) is 12.0 Å². The zero-order valence-corrected chi connectivity index (χ0v) is 17.6. The van der Waals surface area contributed by atoms with E-state index in [2.05, 4.69) is 0 Å². The molecule has 5 atom stereocenters. The van der Waals surface area contributed by atoms with Crippen molar-refractivity contribution in [1.29, 1.82) is 0 Å². The Balaban J connectivity index is 1.74. The zero-order valence-electron chi connectivity index (χ0n) is 15.9. The van der Waals surface area contributed by atoms with Gasteiger partial charge >= 0.3 is 5.97 Å². The van der Waals surface area contributed by atoms with Crippen molar-refractivity contribution in [3.63, 3.8) is 0 Å². The number of aliphatic hydroxyl groups excluding tert-OH is 3. The molecule has 158 valence electrons. The van der Waals surface area contributed by atoms with Crippen LogP contribution < -0.4 is 5.73 Å². The number of rotatable bonds is 7. The van der Waals surface area contributed by atoms with E-state index in [1.807, 2.05) is 42.7 Å². The van der Waals surface area contributed by atoms with Crippen molar-refractivity contribution in [2.45, 2.75) is 48.4 Å². The molecule has 1 saturated heterocycles. The largest absolute Gasteiger partial charge is 0.459 e. The summed E-state index contributed by atoms with van der Waals surface area (Å²) in [7, 11) is 3.27. The maximum atomic E-state index is 12.6. The van der Waals surface area contributed by atoms with Gasteiger partial charge in [-0.2, -0.15) is 0 Å². The summed E-state index contributed by atoms with van der Waals surface area (Å²) in [5, 5.41) is 32.0. The van der Waals surface area contributed by atoms with E-state index in [-0.39, 0.29) is 19.6 Å². The molecule has 0 saturated carbocycles. The summed E-state index contributed by atoms with van der Waals surface area (Å²) in [5.41, 5.74) is 6.28. The fourth-order valence-corrected chi connectivity index (χ4v) is 5.01. The molecule has 0 spiro atoms. The lowest BCUT2D eigenvalue weighted by atomic mass is 9.94. The van der Waals surface area contributed by atoms with Crippen LogP contribution >= 0.6 is 21.6 Å². The third-order valence-corrected chi connectivity index (χ3v) is 6.61. The number of nitrogens with two attached hydrogens (primary N) is 1. The first kappa shape index (κ1) is 22.4. The van der Waals surface area contributed by atoms with Crippen LogP contribution in [0.3, 0.4) is 0 Å². The van der Waals surface area contributed by atoms with Crippen molar-refractivity contribution in [2.24, 2.45) is 5.73 Å². The molecule has 1 aliphatic heterocycles. The summed E-state index contributed by atoms with van der Waals surface area (Å²) in [5.74, 6) is -0.655. The van der Waals surface area contributed by atoms with Gasteiger partial charge in [0.2, 0.25) is 0 Å². The van der Waals surface area contributed by atoms with Gasteiger partial charge in [0.15, 0.2) is 6.10 Å². The highest BCUT2D eigenvalue weighted by molar-refractivity contribution is 8.76. The number of hydrogen-bond donors (Lipinski definition) is 4. The van der Waals surface area contributed by atoms with E-state index < -0.39 is 36.5 Å². The summed E-state index contributed by atoms with van der Waals surface area (Å²) < 4.78 is 11.0. The van der Waals surface area contributed by atoms with Gasteiger partial charge in [-0.1, -0.05) is 51.9 Å². The van der Waals surface area contributed by atoms with Crippen LogP contribution in [0.15, 0.2) is 41.3 Å². The van der Waals surface area contributed by atoms with Gasteiger partial charge in [0.05, 0.1) is 12.2 Å². The summed E-state index contributed by atoms with van der Waals surface area (Å²) in [6, 6.07) is 11.8. The van der Waals surface area contributed by atoms with Crippen LogP contribution in [-0.4, -0.2) is 64.6 Å². The molecular formula is C20H25NO6S2. The number of aliphatic hydroxyl groups is 3. The Morgan fingerprint density at radius 1 is 1.31 bits per heavy atom. The second kappa shape index (κ2) is 10.1. The molecule has 1 heterocycles. The second-order valence-electron chi connectivity index (χ2n) is 6.82. The van der Waals surface area contributed by atoms with Gasteiger partial charge in [-0.3, -0.25) is 0 Å². The molecule has 1 aliphatic rings. The van der Waals surface area contributed by atoms with Crippen molar-refractivity contribution >= 4 is 38.3 Å². The Labute approximate surface area is 177 Å². The number of ether oxygens (including phenoxy) is 2. The Morgan fingerprint density at radius 3 is 2.72 bits per heavy atom. The Hall–Kier alpha value is -1.33. The molecule has 3 rings (SSSR count). The molecule has 0 aliphatic carbocycles. The minimum absolute atomic E-state index is 0.0464. The molecule has 0 amide bonds. The van der Waals surface area contributed by atoms with Gasteiger partial charge in [0.25, 0.3) is 0 Å². The molecule has 5 N–H and O–H groups in total. The zero-order chi connectivity index (χ0) is 21.0. The average molecular weight is 440 g/mol. The van der Waals surface area contributed by atoms with E-state index in [4.69, 9.17) is 15.2 Å². The number of benzene rings is 2. The van der Waals surface area contributed by atoms with E-state index >= 15 is 0 Å². The first-order valence-corrected chi connectivity index (χ1v) is 11.8. The van der Waals surface area contributed by atoms with Crippen LogP contribution in [0, 0.1) is 0 Å². The predicted molar refractivity (Wildman–Crippen MR) is 113 cm³/mol. The second-order valence-corrected chi connectivity index (χ2v) is 9.25. The number of esters is 1. The van der Waals surface area contributed by atoms with Crippen molar-refractivity contribution in [2.75, 3.05) is 12.8 Å². The first-order valence-electron chi connectivity index (χ1n) is 9.24. The minimum Gasteiger partial charge on any atom is -0.459 e. The molecule has 2 aromatic carbocycles. The fraction of sp³-hybridized carbons (Fsp3) is 0.450. The van der Waals surface area contributed by atoms with Crippen molar-refractivity contribution in [1.82, 2.24) is 0 Å². The quantitative estimate of drug-likeness (QED) is 0.375. The highest BCUT2D eigenvalue weighted by Crippen LogP contribution is 2.36. The van der Waals surface area contributed by atoms with Gasteiger partial charge in [0, 0.05) is 23.2 Å². The molecule has 9 heteroatoms. The fourth-order valence-electron chi connectivity index (χ4n) is 3.41. The lowest BCUT2D eigenvalue weighted by Crippen LogP contribution is -2.56. The van der Waals surface area contributed by atoms with Crippen LogP contribution in [0.25, 0.3) is 10.8 Å². The number of hydrogen-bond acceptors (Lipinski definition) is 9. The lowest BCUT2D eigenvalue weighted by molar-refractivity contribution is -0.211. The molecule has 2 aromatic rings. The van der Waals surface area contributed by atoms with Crippen molar-refractivity contribution < 1.29 is 29.6 Å². The van der Waals surface area contributed by atoms with Crippen molar-refractivity contribution in [3.8, 4) is 0 Å². The third kappa shape index (κ3) is 5.05. The predicted octanol–water partition coefficient (Wildman–Crippen LogP) is 1.45. The SMILES string of the molecule is CSSc1cccc2cccc(COC(=O)C3C[C@@H](O)[C@@H](O)[C@@H]([C@@H](O)CN)O3)c12. The van der Waals surface area contributed by atoms with Crippen LogP contribution in [-0.2, 0) is 20.9 Å². The van der Waals surface area contributed by atoms with E-state index in [1.165, 1.54) is 0 Å². The summed E-state index contributed by atoms with van der Waals surface area (Å²) >= 11 is 0. The highest BCUT2D eigenvalue weighted by atomic mass is 33.1. The standard InChI is InChI=1S/C20H25NO6S2/c1-28-29-16-7-3-5-11-4-2-6-12(17(11)16)10-26-20(25)15-8-13(22)18(24)19(27-15)14(23)9-21/h2-7,13-15,18-19,22-24H,8-10,21H2,1H3/t13-,14+,15?,18-,19-/m1/s1. The van der Waals surface area contributed by atoms with E-state index in [0.717, 1.165) is 21.2 Å². The number of fused-ring (bicyclic) bond motifs is 1. The Kier molecular flexibility index (Phi) is 7.80. The molecule has 29 heavy (non-hydrogen) atoms. The molecule has 0 aromatic heterocycles. The number of carbonyl (C=O) groups is 1. The smallest absolute Gasteiger partial charge is 0.335 e. The highest BCUT2D eigenvalue weighted by Gasteiger charge is 2.43.